The summed E-state index contributed by atoms with van der Waals surface area (Å²) < 4.78 is 0. The molecule has 3 rings (SSSR count). The van der Waals surface area contributed by atoms with Crippen molar-refractivity contribution in [3.05, 3.63) is 41.0 Å². The van der Waals surface area contributed by atoms with Gasteiger partial charge < -0.3 is 10.0 Å². The zero-order valence-corrected chi connectivity index (χ0v) is 11.9. The van der Waals surface area contributed by atoms with Gasteiger partial charge in [-0.3, -0.25) is 9.59 Å². The summed E-state index contributed by atoms with van der Waals surface area (Å²) in [5.41, 5.74) is 0.970. The third-order valence-corrected chi connectivity index (χ3v) is 3.93. The highest BCUT2D eigenvalue weighted by atomic mass is 35.5. The number of pyridine rings is 1. The topological polar surface area (TPSA) is 70.5 Å². The molecule has 1 aromatic heterocycles. The van der Waals surface area contributed by atoms with Crippen LogP contribution >= 0.6 is 11.6 Å². The molecule has 0 aliphatic carbocycles. The van der Waals surface area contributed by atoms with E-state index >= 15 is 0 Å². The summed E-state index contributed by atoms with van der Waals surface area (Å²) in [5.74, 6) is -1.58. The molecule has 108 valence electrons. The summed E-state index contributed by atoms with van der Waals surface area (Å²) >= 11 is 5.93. The van der Waals surface area contributed by atoms with Gasteiger partial charge in [-0.15, -0.1) is 0 Å². The third-order valence-electron chi connectivity index (χ3n) is 3.70. The number of hydrogen-bond donors (Lipinski definition) is 1. The van der Waals surface area contributed by atoms with Gasteiger partial charge in [0.2, 0.25) is 0 Å². The summed E-state index contributed by atoms with van der Waals surface area (Å²) in [5, 5.41) is 10.5. The van der Waals surface area contributed by atoms with Gasteiger partial charge in [0.05, 0.1) is 11.4 Å². The van der Waals surface area contributed by atoms with Crippen LogP contribution in [0, 0.1) is 5.92 Å². The number of carboxylic acid groups (broad SMARTS) is 1. The Morgan fingerprint density at radius 1 is 1.29 bits per heavy atom. The lowest BCUT2D eigenvalue weighted by Crippen LogP contribution is -2.30. The van der Waals surface area contributed by atoms with E-state index in [0.717, 1.165) is 5.39 Å². The number of hydrogen-bond acceptors (Lipinski definition) is 3. The smallest absolute Gasteiger partial charge is 0.308 e. The molecule has 5 nitrogen and oxygen atoms in total. The van der Waals surface area contributed by atoms with Crippen LogP contribution in [0.25, 0.3) is 10.9 Å². The maximum Gasteiger partial charge on any atom is 0.308 e. The molecule has 1 aromatic carbocycles. The molecule has 2 heterocycles. The minimum absolute atomic E-state index is 0.236. The molecule has 1 fully saturated rings. The summed E-state index contributed by atoms with van der Waals surface area (Å²) in [7, 11) is 0. The van der Waals surface area contributed by atoms with Crippen LogP contribution in [0.1, 0.15) is 16.9 Å². The molecule has 0 spiro atoms. The molecule has 1 saturated heterocycles. The number of aliphatic carboxylic acids is 1. The second-order valence-electron chi connectivity index (χ2n) is 5.11. The number of carbonyl (C=O) groups excluding carboxylic acids is 1. The molecule has 1 amide bonds. The fraction of sp³-hybridized carbons (Fsp3) is 0.267. The predicted octanol–water partition coefficient (Wildman–Crippen LogP) is 2.43. The highest BCUT2D eigenvalue weighted by Crippen LogP contribution is 2.21. The molecule has 1 aliphatic rings. The third kappa shape index (κ3) is 2.69. The lowest BCUT2D eigenvalue weighted by atomic mass is 10.1. The van der Waals surface area contributed by atoms with Gasteiger partial charge in [0.1, 0.15) is 5.69 Å². The van der Waals surface area contributed by atoms with Gasteiger partial charge >= 0.3 is 5.97 Å². The number of amides is 1. The molecule has 1 unspecified atom stereocenters. The monoisotopic (exact) mass is 304 g/mol. The van der Waals surface area contributed by atoms with Crippen molar-refractivity contribution in [3.63, 3.8) is 0 Å². The first-order chi connectivity index (χ1) is 10.0. The molecular weight excluding hydrogens is 292 g/mol. The van der Waals surface area contributed by atoms with Crippen molar-refractivity contribution in [2.75, 3.05) is 13.1 Å². The largest absolute Gasteiger partial charge is 0.481 e. The van der Waals surface area contributed by atoms with Crippen molar-refractivity contribution in [3.8, 4) is 0 Å². The van der Waals surface area contributed by atoms with Crippen LogP contribution in [0.4, 0.5) is 0 Å². The van der Waals surface area contributed by atoms with E-state index in [4.69, 9.17) is 16.7 Å². The van der Waals surface area contributed by atoms with Crippen LogP contribution < -0.4 is 0 Å². The summed E-state index contributed by atoms with van der Waals surface area (Å²) in [6.45, 7) is 0.689. The Labute approximate surface area is 126 Å². The Morgan fingerprint density at radius 2 is 2.05 bits per heavy atom. The Kier molecular flexibility index (Phi) is 3.51. The van der Waals surface area contributed by atoms with Gasteiger partial charge in [-0.2, -0.15) is 0 Å². The Balaban J connectivity index is 1.86. The van der Waals surface area contributed by atoms with E-state index in [9.17, 15) is 9.59 Å². The van der Waals surface area contributed by atoms with Crippen LogP contribution in [0.2, 0.25) is 5.02 Å². The van der Waals surface area contributed by atoms with Gasteiger partial charge in [-0.1, -0.05) is 23.7 Å². The highest BCUT2D eigenvalue weighted by Gasteiger charge is 2.31. The van der Waals surface area contributed by atoms with Gasteiger partial charge in [0, 0.05) is 23.5 Å². The van der Waals surface area contributed by atoms with E-state index in [2.05, 4.69) is 4.98 Å². The number of likely N-dealkylation sites (tertiary alicyclic amines) is 1. The molecule has 1 aliphatic heterocycles. The van der Waals surface area contributed by atoms with Gasteiger partial charge in [-0.05, 0) is 24.6 Å². The van der Waals surface area contributed by atoms with Crippen LogP contribution in [0.15, 0.2) is 30.3 Å². The average molecular weight is 305 g/mol. The van der Waals surface area contributed by atoms with Gasteiger partial charge in [0.25, 0.3) is 5.91 Å². The van der Waals surface area contributed by atoms with E-state index < -0.39 is 11.9 Å². The van der Waals surface area contributed by atoms with Gasteiger partial charge in [0.15, 0.2) is 0 Å². The van der Waals surface area contributed by atoms with Gasteiger partial charge in [-0.25, -0.2) is 4.98 Å². The first-order valence-electron chi connectivity index (χ1n) is 6.63. The number of nitrogens with zero attached hydrogens (tertiary/aromatic N) is 2. The zero-order chi connectivity index (χ0) is 15.0. The second kappa shape index (κ2) is 5.33. The SMILES string of the molecule is O=C(O)C1CCN(C(=O)c2ccc3ccc(Cl)cc3n2)C1. The second-order valence-corrected chi connectivity index (χ2v) is 5.54. The molecule has 0 radical (unpaired) electrons. The van der Waals surface area contributed by atoms with Crippen LogP contribution in [-0.4, -0.2) is 40.0 Å². The van der Waals surface area contributed by atoms with E-state index in [-0.39, 0.29) is 12.5 Å². The molecule has 1 N–H and O–H groups in total. The summed E-state index contributed by atoms with van der Waals surface area (Å²) in [4.78, 5) is 29.2. The molecule has 0 saturated carbocycles. The van der Waals surface area contributed by atoms with Crippen molar-refractivity contribution in [1.29, 1.82) is 0 Å². The van der Waals surface area contributed by atoms with Crippen molar-refractivity contribution < 1.29 is 14.7 Å². The van der Waals surface area contributed by atoms with Crippen LogP contribution in [0.3, 0.4) is 0 Å². The fourth-order valence-corrected chi connectivity index (χ4v) is 2.68. The Morgan fingerprint density at radius 3 is 2.76 bits per heavy atom. The molecule has 0 bridgehead atoms. The van der Waals surface area contributed by atoms with Crippen molar-refractivity contribution in [2.24, 2.45) is 5.92 Å². The number of carboxylic acids is 1. The van der Waals surface area contributed by atoms with E-state index in [1.54, 1.807) is 18.2 Å². The minimum atomic E-state index is -0.858. The van der Waals surface area contributed by atoms with Crippen LogP contribution in [-0.2, 0) is 4.79 Å². The average Bonchev–Trinajstić information content (AvgIpc) is 2.95. The van der Waals surface area contributed by atoms with E-state index in [1.165, 1.54) is 4.90 Å². The fourth-order valence-electron chi connectivity index (χ4n) is 2.52. The van der Waals surface area contributed by atoms with E-state index in [1.807, 2.05) is 12.1 Å². The first-order valence-corrected chi connectivity index (χ1v) is 7.01. The lowest BCUT2D eigenvalue weighted by Gasteiger charge is -2.15. The number of carbonyl (C=O) groups is 2. The van der Waals surface area contributed by atoms with Crippen molar-refractivity contribution in [1.82, 2.24) is 9.88 Å². The van der Waals surface area contributed by atoms with E-state index in [0.29, 0.717) is 29.2 Å². The summed E-state index contributed by atoms with van der Waals surface area (Å²) in [6.07, 6.45) is 0.487. The lowest BCUT2D eigenvalue weighted by molar-refractivity contribution is -0.141. The maximum absolute atomic E-state index is 12.4. The molecule has 1 atom stereocenters. The molecule has 6 heteroatoms. The molecule has 2 aromatic rings. The zero-order valence-electron chi connectivity index (χ0n) is 11.1. The molecule has 21 heavy (non-hydrogen) atoms. The number of aromatic nitrogens is 1. The Hall–Kier alpha value is -2.14. The predicted molar refractivity (Wildman–Crippen MR) is 78.4 cm³/mol. The quantitative estimate of drug-likeness (QED) is 0.925. The number of benzene rings is 1. The maximum atomic E-state index is 12.4. The normalized spacial score (nSPS) is 18.1. The van der Waals surface area contributed by atoms with Crippen molar-refractivity contribution in [2.45, 2.75) is 6.42 Å². The number of halogens is 1. The first kappa shape index (κ1) is 13.8. The molecular formula is C15H13ClN2O3. The van der Waals surface area contributed by atoms with Crippen molar-refractivity contribution >= 4 is 34.4 Å². The van der Waals surface area contributed by atoms with Crippen LogP contribution in [0.5, 0.6) is 0 Å². The highest BCUT2D eigenvalue weighted by molar-refractivity contribution is 6.31. The Bertz CT molecular complexity index is 732. The number of rotatable bonds is 2. The number of fused-ring (bicyclic) bond motifs is 1. The minimum Gasteiger partial charge on any atom is -0.481 e. The summed E-state index contributed by atoms with van der Waals surface area (Å²) in [6, 6.07) is 8.79. The standard InChI is InChI=1S/C15H13ClN2O3/c16-11-3-1-9-2-4-12(17-13(9)7-11)14(19)18-6-5-10(8-18)15(20)21/h1-4,7,10H,5-6,8H2,(H,20,21).